The van der Waals surface area contributed by atoms with E-state index >= 15 is 0 Å². The van der Waals surface area contributed by atoms with E-state index in [9.17, 15) is 9.59 Å². The van der Waals surface area contributed by atoms with E-state index in [4.69, 9.17) is 15.1 Å². The summed E-state index contributed by atoms with van der Waals surface area (Å²) in [6, 6.07) is 0.0884. The van der Waals surface area contributed by atoms with Crippen molar-refractivity contribution in [3.05, 3.63) is 11.5 Å². The van der Waals surface area contributed by atoms with Crippen molar-refractivity contribution < 1.29 is 14.7 Å². The summed E-state index contributed by atoms with van der Waals surface area (Å²) in [5.41, 5.74) is 1.10. The van der Waals surface area contributed by atoms with Crippen LogP contribution in [-0.2, 0) is 10.2 Å². The number of carboxylic acids is 1. The number of hydrogen-bond donors (Lipinski definition) is 2. The van der Waals surface area contributed by atoms with Crippen LogP contribution in [0.3, 0.4) is 0 Å². The van der Waals surface area contributed by atoms with E-state index in [2.05, 4.69) is 11.9 Å². The van der Waals surface area contributed by atoms with Gasteiger partial charge in [-0.05, 0) is 63.7 Å². The molecule has 2 amide bonds. The number of amidine groups is 1. The zero-order valence-corrected chi connectivity index (χ0v) is 17.9. The molecule has 0 saturated heterocycles. The minimum atomic E-state index is -0.692. The van der Waals surface area contributed by atoms with Gasteiger partial charge >= 0.3 is 12.0 Å². The number of amides is 2. The first-order valence-electron chi connectivity index (χ1n) is 11.4. The number of imidazole rings is 1. The summed E-state index contributed by atoms with van der Waals surface area (Å²) in [4.78, 5) is 41.1. The molecule has 8 heteroatoms. The second-order valence-corrected chi connectivity index (χ2v) is 9.80. The number of carbonyl (C=O) groups is 2. The number of urea groups is 1. The van der Waals surface area contributed by atoms with Crippen molar-refractivity contribution in [2.75, 3.05) is 18.0 Å². The molecule has 2 N–H and O–H groups in total. The molecule has 30 heavy (non-hydrogen) atoms. The molecule has 0 aromatic carbocycles. The van der Waals surface area contributed by atoms with E-state index in [0.717, 1.165) is 74.5 Å². The average molecular weight is 414 g/mol. The van der Waals surface area contributed by atoms with Crippen LogP contribution in [0, 0.1) is 5.41 Å². The Balaban J connectivity index is 1.46. The van der Waals surface area contributed by atoms with Crippen molar-refractivity contribution in [3.63, 3.8) is 0 Å². The second-order valence-electron chi connectivity index (χ2n) is 9.80. The minimum Gasteiger partial charge on any atom is -0.481 e. The largest absolute Gasteiger partial charge is 0.481 e. The molecule has 2 aliphatic heterocycles. The summed E-state index contributed by atoms with van der Waals surface area (Å²) in [6.07, 6.45) is 8.22. The van der Waals surface area contributed by atoms with Crippen LogP contribution >= 0.6 is 0 Å². The molecule has 6 rings (SSSR count). The van der Waals surface area contributed by atoms with Gasteiger partial charge in [-0.2, -0.15) is 0 Å². The van der Waals surface area contributed by atoms with E-state index in [1.54, 1.807) is 4.90 Å². The molecule has 8 nitrogen and oxygen atoms in total. The third-order valence-corrected chi connectivity index (χ3v) is 7.89. The van der Waals surface area contributed by atoms with Gasteiger partial charge < -0.3 is 10.1 Å². The summed E-state index contributed by atoms with van der Waals surface area (Å²) in [6.45, 7) is 5.39. The smallest absolute Gasteiger partial charge is 0.331 e. The Morgan fingerprint density at radius 1 is 1.23 bits per heavy atom. The van der Waals surface area contributed by atoms with Crippen molar-refractivity contribution >= 4 is 23.7 Å². The number of aliphatic carboxylic acids is 1. The van der Waals surface area contributed by atoms with E-state index in [1.165, 1.54) is 0 Å². The van der Waals surface area contributed by atoms with Crippen LogP contribution in [0.15, 0.2) is 4.99 Å². The number of rotatable bonds is 6. The van der Waals surface area contributed by atoms with E-state index in [-0.39, 0.29) is 29.3 Å². The lowest BCUT2D eigenvalue weighted by molar-refractivity contribution is -0.138. The van der Waals surface area contributed by atoms with Crippen LogP contribution in [0.1, 0.15) is 83.2 Å². The Bertz CT molecular complexity index is 895. The fourth-order valence-electron chi connectivity index (χ4n) is 6.03. The normalized spacial score (nSPS) is 32.3. The monoisotopic (exact) mass is 413 g/mol. The molecular formula is C22H31N5O3. The van der Waals surface area contributed by atoms with Crippen molar-refractivity contribution in [1.29, 1.82) is 0 Å². The molecule has 3 aliphatic carbocycles. The van der Waals surface area contributed by atoms with E-state index in [0.29, 0.717) is 13.1 Å². The fraction of sp³-hybridized carbons (Fsp3) is 0.727. The Kier molecular flexibility index (Phi) is 4.45. The van der Waals surface area contributed by atoms with Crippen LogP contribution in [0.5, 0.6) is 0 Å². The highest BCUT2D eigenvalue weighted by molar-refractivity contribution is 6.18. The third kappa shape index (κ3) is 2.87. The number of aromatic nitrogens is 2. The lowest BCUT2D eigenvalue weighted by atomic mass is 9.52. The number of H-pyrrole nitrogens is 1. The molecule has 1 aromatic rings. The highest BCUT2D eigenvalue weighted by Crippen LogP contribution is 2.59. The Labute approximate surface area is 176 Å². The maximum atomic E-state index is 13.1. The Morgan fingerprint density at radius 2 is 1.93 bits per heavy atom. The van der Waals surface area contributed by atoms with Gasteiger partial charge in [0.15, 0.2) is 11.7 Å². The lowest BCUT2D eigenvalue weighted by Gasteiger charge is -2.52. The third-order valence-electron chi connectivity index (χ3n) is 7.89. The fourth-order valence-corrected chi connectivity index (χ4v) is 6.03. The summed E-state index contributed by atoms with van der Waals surface area (Å²) in [7, 11) is 0. The van der Waals surface area contributed by atoms with Gasteiger partial charge in [0, 0.05) is 18.4 Å². The highest BCUT2D eigenvalue weighted by Gasteiger charge is 2.52. The number of aliphatic imine (C=N–C) groups is 1. The summed E-state index contributed by atoms with van der Waals surface area (Å²) >= 11 is 0. The Morgan fingerprint density at radius 3 is 2.57 bits per heavy atom. The van der Waals surface area contributed by atoms with Gasteiger partial charge in [0.2, 0.25) is 0 Å². The molecule has 0 unspecified atom stereocenters. The molecule has 0 radical (unpaired) electrons. The average Bonchev–Trinajstić information content (AvgIpc) is 3.35. The number of hydrogen-bond acceptors (Lipinski definition) is 4. The summed E-state index contributed by atoms with van der Waals surface area (Å²) in [5.74, 6) is 1.79. The zero-order valence-electron chi connectivity index (χ0n) is 17.9. The zero-order chi connectivity index (χ0) is 21.1. The van der Waals surface area contributed by atoms with Gasteiger partial charge in [0.25, 0.3) is 0 Å². The van der Waals surface area contributed by atoms with E-state index in [1.807, 2.05) is 11.8 Å². The first-order chi connectivity index (χ1) is 14.4. The van der Waals surface area contributed by atoms with Gasteiger partial charge in [-0.25, -0.2) is 9.78 Å². The van der Waals surface area contributed by atoms with Crippen LogP contribution in [0.25, 0.3) is 0 Å². The topological polar surface area (TPSA) is 102 Å². The van der Waals surface area contributed by atoms with Gasteiger partial charge in [-0.1, -0.05) is 6.92 Å². The molecule has 3 fully saturated rings. The van der Waals surface area contributed by atoms with Crippen LogP contribution in [0.2, 0.25) is 0 Å². The van der Waals surface area contributed by atoms with Crippen molar-refractivity contribution in [3.8, 4) is 0 Å². The predicted octanol–water partition coefficient (Wildman–Crippen LogP) is 3.67. The summed E-state index contributed by atoms with van der Waals surface area (Å²) in [5, 5.41) is 9.11. The van der Waals surface area contributed by atoms with Gasteiger partial charge in [0.1, 0.15) is 11.5 Å². The number of carboxylic acid groups (broad SMARTS) is 1. The molecule has 2 bridgehead atoms. The summed E-state index contributed by atoms with van der Waals surface area (Å²) < 4.78 is 0. The van der Waals surface area contributed by atoms with Gasteiger partial charge in [0.05, 0.1) is 12.6 Å². The number of fused-ring (bicyclic) bond motifs is 6. The van der Waals surface area contributed by atoms with Crippen LogP contribution in [0.4, 0.5) is 10.6 Å². The minimum absolute atomic E-state index is 0.0111. The maximum Gasteiger partial charge on any atom is 0.331 e. The van der Waals surface area contributed by atoms with Crippen molar-refractivity contribution in [2.45, 2.75) is 83.1 Å². The molecule has 1 atom stereocenters. The van der Waals surface area contributed by atoms with E-state index < -0.39 is 5.97 Å². The number of anilines is 1. The number of nitrogens with zero attached hydrogens (tertiary/aromatic N) is 4. The number of nitrogens with one attached hydrogen (secondary N) is 1. The quantitative estimate of drug-likeness (QED) is 0.743. The second kappa shape index (κ2) is 6.82. The van der Waals surface area contributed by atoms with Crippen LogP contribution < -0.4 is 4.90 Å². The van der Waals surface area contributed by atoms with Crippen LogP contribution in [-0.4, -0.2) is 56.9 Å². The molecule has 5 aliphatic rings. The highest BCUT2D eigenvalue weighted by atomic mass is 16.4. The maximum absolute atomic E-state index is 13.1. The Hall–Kier alpha value is -2.38. The molecule has 3 heterocycles. The van der Waals surface area contributed by atoms with Gasteiger partial charge in [-0.15, -0.1) is 0 Å². The number of aromatic amines is 1. The first-order valence-corrected chi connectivity index (χ1v) is 11.4. The molecular weight excluding hydrogens is 382 g/mol. The first kappa shape index (κ1) is 19.6. The standard InChI is InChI=1S/C22H31N5O3/c1-3-12-26-18-16(17-23-14(2)13-27(17)20(26)30)24-19(25-18)22-9-6-21(7-10-22,8-11-22)5-4-15(28)29/h14H,3-13H2,1-2H3,(H,24,25)(H,28,29)/t14-,21?,22?/m1/s1. The molecule has 1 aromatic heterocycles. The molecule has 0 spiro atoms. The number of carbonyl (C=O) groups excluding carboxylic acids is 1. The lowest BCUT2D eigenvalue weighted by Crippen LogP contribution is -2.50. The predicted molar refractivity (Wildman–Crippen MR) is 113 cm³/mol. The SMILES string of the molecule is CCCN1C(=O)N2C[C@@H](C)N=C2c2[nH]c(C34CCC(CCC(=O)O)(CC3)CC4)nc21. The van der Waals surface area contributed by atoms with Crippen molar-refractivity contribution in [1.82, 2.24) is 14.9 Å². The molecule has 162 valence electrons. The van der Waals surface area contributed by atoms with Gasteiger partial charge in [-0.3, -0.25) is 19.6 Å². The van der Waals surface area contributed by atoms with Crippen molar-refractivity contribution in [2.24, 2.45) is 10.4 Å². The molecule has 3 saturated carbocycles.